The first-order chi connectivity index (χ1) is 12.2. The number of nitrogens with one attached hydrogen (secondary N) is 3. The number of pyridine rings is 1. The number of rotatable bonds is 6. The van der Waals surface area contributed by atoms with Gasteiger partial charge in [0.2, 0.25) is 0 Å². The third-order valence-electron chi connectivity index (χ3n) is 4.48. The summed E-state index contributed by atoms with van der Waals surface area (Å²) in [6.07, 6.45) is 2.22. The first kappa shape index (κ1) is 20.7. The maximum Gasteiger partial charge on any atom is 0.191 e. The van der Waals surface area contributed by atoms with Crippen molar-refractivity contribution in [3.8, 4) is 0 Å². The summed E-state index contributed by atoms with van der Waals surface area (Å²) in [5, 5.41) is 11.1. The molecule has 142 valence electrons. The number of hydrogen-bond acceptors (Lipinski definition) is 4. The zero-order valence-corrected chi connectivity index (χ0v) is 17.7. The van der Waals surface area contributed by atoms with Gasteiger partial charge in [0.05, 0.1) is 11.1 Å². The first-order valence-corrected chi connectivity index (χ1v) is 8.87. The van der Waals surface area contributed by atoms with Crippen LogP contribution in [0.3, 0.4) is 0 Å². The van der Waals surface area contributed by atoms with Crippen molar-refractivity contribution in [2.24, 2.45) is 4.99 Å². The Balaban J connectivity index is 0.00000243. The Morgan fingerprint density at radius 3 is 2.81 bits per heavy atom. The van der Waals surface area contributed by atoms with E-state index in [1.54, 1.807) is 7.05 Å². The molecule has 1 fully saturated rings. The number of ether oxygens (including phenoxy) is 1. The number of nitrogens with zero attached hydrogens (tertiary/aromatic N) is 2. The van der Waals surface area contributed by atoms with Crippen molar-refractivity contribution in [1.82, 2.24) is 15.6 Å². The molecule has 1 saturated heterocycles. The van der Waals surface area contributed by atoms with Gasteiger partial charge in [-0.3, -0.25) is 4.99 Å². The molecule has 0 saturated carbocycles. The lowest BCUT2D eigenvalue weighted by atomic mass is 10.0. The predicted molar refractivity (Wildman–Crippen MR) is 119 cm³/mol. The number of para-hydroxylation sites is 1. The highest BCUT2D eigenvalue weighted by Crippen LogP contribution is 2.23. The minimum absolute atomic E-state index is 0. The summed E-state index contributed by atoms with van der Waals surface area (Å²) in [5.74, 6) is 1.68. The van der Waals surface area contributed by atoms with Crippen LogP contribution in [0.25, 0.3) is 10.9 Å². The summed E-state index contributed by atoms with van der Waals surface area (Å²) in [4.78, 5) is 8.87. The number of guanidine groups is 1. The normalized spacial score (nSPS) is 19.8. The van der Waals surface area contributed by atoms with E-state index in [2.05, 4.69) is 45.0 Å². The fourth-order valence-electron chi connectivity index (χ4n) is 3.00. The van der Waals surface area contributed by atoms with Crippen LogP contribution in [0, 0.1) is 0 Å². The lowest BCUT2D eigenvalue weighted by Crippen LogP contribution is -2.46. The molecule has 1 aliphatic heterocycles. The molecule has 1 aliphatic rings. The lowest BCUT2D eigenvalue weighted by molar-refractivity contribution is 0.0243. The molecule has 7 heteroatoms. The Kier molecular flexibility index (Phi) is 7.89. The summed E-state index contributed by atoms with van der Waals surface area (Å²) in [7, 11) is 1.78. The van der Waals surface area contributed by atoms with Gasteiger partial charge in [0.1, 0.15) is 5.82 Å². The third kappa shape index (κ3) is 5.70. The third-order valence-corrected chi connectivity index (χ3v) is 4.48. The summed E-state index contributed by atoms with van der Waals surface area (Å²) >= 11 is 0. The number of anilines is 1. The van der Waals surface area contributed by atoms with E-state index in [0.717, 1.165) is 61.8 Å². The van der Waals surface area contributed by atoms with Crippen LogP contribution in [0.1, 0.15) is 19.8 Å². The minimum atomic E-state index is -0.0785. The summed E-state index contributed by atoms with van der Waals surface area (Å²) in [5.41, 5.74) is 0.924. The van der Waals surface area contributed by atoms with Crippen LogP contribution in [0.4, 0.5) is 5.82 Å². The zero-order chi connectivity index (χ0) is 17.5. The standard InChI is InChI=1S/C19H27N5O.HI/c1-19(10-5-13-25-19)14-23-18(20-2)22-12-11-21-17-9-8-15-6-3-4-7-16(15)24-17;/h3-4,6-9H,5,10-14H2,1-2H3,(H,21,24)(H2,20,22,23);1H. The van der Waals surface area contributed by atoms with E-state index in [4.69, 9.17) is 4.74 Å². The Hall–Kier alpha value is -1.61. The zero-order valence-electron chi connectivity index (χ0n) is 15.4. The summed E-state index contributed by atoms with van der Waals surface area (Å²) < 4.78 is 5.79. The number of aromatic nitrogens is 1. The Morgan fingerprint density at radius 1 is 1.19 bits per heavy atom. The predicted octanol–water partition coefficient (Wildman–Crippen LogP) is 3.00. The smallest absolute Gasteiger partial charge is 0.191 e. The molecule has 3 N–H and O–H groups in total. The van der Waals surface area contributed by atoms with Gasteiger partial charge < -0.3 is 20.7 Å². The molecule has 0 amide bonds. The molecule has 1 aromatic heterocycles. The molecule has 0 aliphatic carbocycles. The quantitative estimate of drug-likeness (QED) is 0.263. The lowest BCUT2D eigenvalue weighted by Gasteiger charge is -2.24. The van der Waals surface area contributed by atoms with Gasteiger partial charge >= 0.3 is 0 Å². The maximum atomic E-state index is 5.79. The molecule has 0 radical (unpaired) electrons. The highest BCUT2D eigenvalue weighted by molar-refractivity contribution is 14.0. The van der Waals surface area contributed by atoms with Crippen LogP contribution in [-0.4, -0.2) is 49.8 Å². The van der Waals surface area contributed by atoms with Gasteiger partial charge in [0, 0.05) is 38.7 Å². The SMILES string of the molecule is CN=C(NCCNc1ccc2ccccc2n1)NCC1(C)CCCO1.I. The Bertz CT molecular complexity index is 731. The second-order valence-electron chi connectivity index (χ2n) is 6.57. The van der Waals surface area contributed by atoms with Gasteiger partial charge in [-0.2, -0.15) is 0 Å². The van der Waals surface area contributed by atoms with E-state index in [-0.39, 0.29) is 29.6 Å². The van der Waals surface area contributed by atoms with Crippen molar-refractivity contribution in [3.63, 3.8) is 0 Å². The van der Waals surface area contributed by atoms with Gasteiger partial charge in [0.15, 0.2) is 5.96 Å². The van der Waals surface area contributed by atoms with Crippen LogP contribution in [-0.2, 0) is 4.74 Å². The van der Waals surface area contributed by atoms with E-state index in [0.29, 0.717) is 0 Å². The Labute approximate surface area is 172 Å². The first-order valence-electron chi connectivity index (χ1n) is 8.87. The summed E-state index contributed by atoms with van der Waals surface area (Å²) in [6.45, 7) is 5.29. The van der Waals surface area contributed by atoms with E-state index in [1.165, 1.54) is 0 Å². The molecule has 1 atom stereocenters. The van der Waals surface area contributed by atoms with E-state index >= 15 is 0 Å². The largest absolute Gasteiger partial charge is 0.373 e. The van der Waals surface area contributed by atoms with Gasteiger partial charge in [-0.05, 0) is 38.0 Å². The molecular formula is C19H28IN5O. The molecule has 1 aromatic carbocycles. The molecule has 2 aromatic rings. The van der Waals surface area contributed by atoms with Crippen LogP contribution in [0.2, 0.25) is 0 Å². The molecule has 6 nitrogen and oxygen atoms in total. The van der Waals surface area contributed by atoms with Gasteiger partial charge in [-0.25, -0.2) is 4.98 Å². The van der Waals surface area contributed by atoms with Crippen molar-refractivity contribution in [1.29, 1.82) is 0 Å². The number of benzene rings is 1. The average Bonchev–Trinajstić information content (AvgIpc) is 3.08. The number of aliphatic imine (C=N–C) groups is 1. The fraction of sp³-hybridized carbons (Fsp3) is 0.474. The van der Waals surface area contributed by atoms with Crippen LogP contribution < -0.4 is 16.0 Å². The Morgan fingerprint density at radius 2 is 2.04 bits per heavy atom. The van der Waals surface area contributed by atoms with E-state index < -0.39 is 0 Å². The summed E-state index contributed by atoms with van der Waals surface area (Å²) in [6, 6.07) is 12.2. The molecular weight excluding hydrogens is 441 g/mol. The molecule has 1 unspecified atom stereocenters. The van der Waals surface area contributed by atoms with Gasteiger partial charge in [-0.15, -0.1) is 24.0 Å². The highest BCUT2D eigenvalue weighted by Gasteiger charge is 2.29. The molecule has 3 rings (SSSR count). The average molecular weight is 469 g/mol. The monoisotopic (exact) mass is 469 g/mol. The van der Waals surface area contributed by atoms with Crippen LogP contribution in [0.15, 0.2) is 41.4 Å². The fourth-order valence-corrected chi connectivity index (χ4v) is 3.00. The molecule has 0 bridgehead atoms. The number of fused-ring (bicyclic) bond motifs is 1. The molecule has 26 heavy (non-hydrogen) atoms. The second kappa shape index (κ2) is 9.91. The maximum absolute atomic E-state index is 5.79. The van der Waals surface area contributed by atoms with Crippen molar-refractivity contribution in [2.45, 2.75) is 25.4 Å². The van der Waals surface area contributed by atoms with Gasteiger partial charge in [-0.1, -0.05) is 18.2 Å². The molecule has 2 heterocycles. The van der Waals surface area contributed by atoms with Crippen molar-refractivity contribution < 1.29 is 4.74 Å². The minimum Gasteiger partial charge on any atom is -0.373 e. The van der Waals surface area contributed by atoms with Crippen LogP contribution in [0.5, 0.6) is 0 Å². The highest BCUT2D eigenvalue weighted by atomic mass is 127. The van der Waals surface area contributed by atoms with Gasteiger partial charge in [0.25, 0.3) is 0 Å². The second-order valence-corrected chi connectivity index (χ2v) is 6.57. The van der Waals surface area contributed by atoms with Crippen molar-refractivity contribution in [3.05, 3.63) is 36.4 Å². The number of halogens is 1. The van der Waals surface area contributed by atoms with E-state index in [9.17, 15) is 0 Å². The van der Waals surface area contributed by atoms with E-state index in [1.807, 2.05) is 24.3 Å². The topological polar surface area (TPSA) is 70.6 Å². The molecule has 0 spiro atoms. The number of hydrogen-bond donors (Lipinski definition) is 3. The van der Waals surface area contributed by atoms with Crippen LogP contribution >= 0.6 is 24.0 Å². The van der Waals surface area contributed by atoms with Crippen molar-refractivity contribution >= 4 is 46.7 Å². The van der Waals surface area contributed by atoms with Crippen molar-refractivity contribution in [2.75, 3.05) is 38.6 Å².